The molecule has 2 aliphatic heterocycles. The summed E-state index contributed by atoms with van der Waals surface area (Å²) in [4.78, 5) is 36.3. The van der Waals surface area contributed by atoms with Crippen LogP contribution >= 0.6 is 0 Å². The lowest BCUT2D eigenvalue weighted by atomic mass is 9.88. The van der Waals surface area contributed by atoms with Crippen LogP contribution in [0.3, 0.4) is 0 Å². The summed E-state index contributed by atoms with van der Waals surface area (Å²) in [6.07, 6.45) is -27.4. The van der Waals surface area contributed by atoms with Crippen molar-refractivity contribution in [1.82, 2.24) is 5.32 Å². The molecule has 0 spiro atoms. The van der Waals surface area contributed by atoms with Gasteiger partial charge in [0.15, 0.2) is 6.29 Å². The van der Waals surface area contributed by atoms with E-state index in [9.17, 15) is 75.7 Å². The maximum atomic E-state index is 12.7. The van der Waals surface area contributed by atoms with Crippen molar-refractivity contribution >= 4 is 17.8 Å². The Balaban J connectivity index is 1.91. The van der Waals surface area contributed by atoms with Gasteiger partial charge < -0.3 is 91.3 Å². The van der Waals surface area contributed by atoms with Gasteiger partial charge in [-0.2, -0.15) is 0 Å². The van der Waals surface area contributed by atoms with Gasteiger partial charge in [0.2, 0.25) is 11.8 Å². The van der Waals surface area contributed by atoms with Gasteiger partial charge in [-0.3, -0.25) is 9.59 Å². The summed E-state index contributed by atoms with van der Waals surface area (Å²) in [5.74, 6) is -6.60. The topological polar surface area (TPSA) is 369 Å². The minimum atomic E-state index is -3.08. The molecule has 1 aromatic carbocycles. The summed E-state index contributed by atoms with van der Waals surface area (Å²) in [5, 5.41) is 128. The van der Waals surface area contributed by atoms with Gasteiger partial charge in [-0.25, -0.2) is 4.79 Å². The molecule has 2 amide bonds. The Kier molecular flexibility index (Phi) is 15.8. The highest BCUT2D eigenvalue weighted by Gasteiger charge is 2.59. The van der Waals surface area contributed by atoms with Crippen molar-refractivity contribution in [3.8, 4) is 0 Å². The maximum Gasteiger partial charge on any atom is 0.364 e. The molecule has 2 heterocycles. The van der Waals surface area contributed by atoms with Crippen molar-refractivity contribution in [2.75, 3.05) is 19.8 Å². The number of aliphatic hydroxyl groups is 11. The van der Waals surface area contributed by atoms with Gasteiger partial charge in [0.25, 0.3) is 5.79 Å². The number of ether oxygens (including phenoxy) is 4. The summed E-state index contributed by atoms with van der Waals surface area (Å²) < 4.78 is 22.1. The van der Waals surface area contributed by atoms with Crippen LogP contribution in [0.15, 0.2) is 24.3 Å². The number of carbonyl (C=O) groups excluding carboxylic acids is 2. The van der Waals surface area contributed by atoms with Gasteiger partial charge in [-0.05, 0) is 24.5 Å². The second kappa shape index (κ2) is 18.9. The van der Waals surface area contributed by atoms with Crippen LogP contribution in [0.25, 0.3) is 0 Å². The molecule has 0 bridgehead atoms. The van der Waals surface area contributed by atoms with Crippen LogP contribution in [0.4, 0.5) is 0 Å². The molecular weight excluding hydrogens is 704 g/mol. The average molecular weight is 753 g/mol. The van der Waals surface area contributed by atoms with E-state index in [1.54, 1.807) is 18.2 Å². The van der Waals surface area contributed by atoms with E-state index in [1.807, 2.05) is 0 Å². The molecule has 3 rings (SSSR count). The van der Waals surface area contributed by atoms with E-state index < -0.39 is 135 Å². The van der Waals surface area contributed by atoms with Gasteiger partial charge in [0.1, 0.15) is 61.0 Å². The quantitative estimate of drug-likeness (QED) is 0.0662. The molecule has 0 aliphatic carbocycles. The highest BCUT2D eigenvalue weighted by Crippen LogP contribution is 2.38. The van der Waals surface area contributed by atoms with Crippen LogP contribution in [0.2, 0.25) is 0 Å². The minimum absolute atomic E-state index is 0.00648. The first-order valence-electron chi connectivity index (χ1n) is 16.2. The van der Waals surface area contributed by atoms with Crippen LogP contribution < -0.4 is 11.1 Å². The molecule has 0 saturated carbocycles. The predicted octanol–water partition coefficient (Wildman–Crippen LogP) is -6.85. The third-order valence-corrected chi connectivity index (χ3v) is 8.92. The molecule has 21 heteroatoms. The van der Waals surface area contributed by atoms with Gasteiger partial charge in [0, 0.05) is 18.9 Å². The Labute approximate surface area is 296 Å². The van der Waals surface area contributed by atoms with Crippen molar-refractivity contribution in [1.29, 1.82) is 0 Å². The molecule has 0 aromatic heterocycles. The lowest BCUT2D eigenvalue weighted by molar-refractivity contribution is -0.377. The summed E-state index contributed by atoms with van der Waals surface area (Å²) >= 11 is 0. The number of nitrogens with two attached hydrogens (primary N) is 1. The summed E-state index contributed by atoms with van der Waals surface area (Å²) in [6.45, 7) is -2.14. The third kappa shape index (κ3) is 9.96. The van der Waals surface area contributed by atoms with E-state index in [4.69, 9.17) is 24.7 Å². The summed E-state index contributed by atoms with van der Waals surface area (Å²) in [7, 11) is 0. The molecule has 2 fully saturated rings. The average Bonchev–Trinajstić information content (AvgIpc) is 3.11. The first kappa shape index (κ1) is 43.4. The van der Waals surface area contributed by atoms with E-state index >= 15 is 0 Å². The Morgan fingerprint density at radius 3 is 2.17 bits per heavy atom. The number of carboxylic acids is 1. The number of hydrogen-bond acceptors (Lipinski definition) is 18. The molecular formula is C31H48N2O19. The number of aliphatic hydroxyl groups excluding tert-OH is 11. The fourth-order valence-corrected chi connectivity index (χ4v) is 6.10. The number of carboxylic acid groups (broad SMARTS) is 1. The molecule has 52 heavy (non-hydrogen) atoms. The fourth-order valence-electron chi connectivity index (χ4n) is 6.10. The molecule has 15 atom stereocenters. The Hall–Kier alpha value is -2.97. The lowest BCUT2D eigenvalue weighted by Gasteiger charge is -2.50. The Bertz CT molecular complexity index is 1340. The Morgan fingerprint density at radius 2 is 1.62 bits per heavy atom. The molecule has 21 nitrogen and oxygen atoms in total. The second-order valence-corrected chi connectivity index (χ2v) is 12.6. The van der Waals surface area contributed by atoms with Crippen LogP contribution in [0.1, 0.15) is 35.7 Å². The number of carbonyl (C=O) groups is 3. The van der Waals surface area contributed by atoms with Crippen molar-refractivity contribution in [3.05, 3.63) is 35.4 Å². The highest BCUT2D eigenvalue weighted by molar-refractivity contribution is 5.94. The first-order chi connectivity index (χ1) is 24.4. The zero-order chi connectivity index (χ0) is 39.1. The number of hydrogen-bond donors (Lipinski definition) is 14. The molecule has 0 radical (unpaired) electrons. The van der Waals surface area contributed by atoms with Crippen molar-refractivity contribution < 1.29 is 94.6 Å². The van der Waals surface area contributed by atoms with Crippen LogP contribution in [-0.4, -0.2) is 190 Å². The predicted molar refractivity (Wildman–Crippen MR) is 168 cm³/mol. The molecule has 2 aliphatic rings. The normalized spacial score (nSPS) is 32.9. The van der Waals surface area contributed by atoms with Crippen molar-refractivity contribution in [2.24, 2.45) is 5.73 Å². The van der Waals surface area contributed by atoms with E-state index in [0.29, 0.717) is 5.56 Å². The fraction of sp³-hybridized carbons (Fsp3) is 0.710. The van der Waals surface area contributed by atoms with Gasteiger partial charge in [0.05, 0.1) is 38.1 Å². The molecule has 2 saturated heterocycles. The highest BCUT2D eigenvalue weighted by atomic mass is 16.8. The number of aliphatic carboxylic acids is 1. The zero-order valence-corrected chi connectivity index (χ0v) is 27.9. The van der Waals surface area contributed by atoms with E-state index in [0.717, 1.165) is 6.92 Å². The number of rotatable bonds is 18. The standard InChI is InChI=1S/C31H48N2O19/c1-12(37)33-20-16(39)8-31(30(47)48,51-26(20)22(43)17(40)9-34)52-27-23(44)19(11-36)49-29(24(27)45)50-25(18(41)10-35)21(42)15(38)7-6-13-4-2-3-5-14(13)28(32)46/h2-5,15-27,29,34-36,38-45H,6-11H2,1H3,(H2,32,46)(H,33,37)(H,47,48)/t15?,16-,17-,18?,19?,20-,21-,22-,23+,24?,25-,26?,27+,29+,31+/m1/s1. The lowest BCUT2D eigenvalue weighted by Crippen LogP contribution is -2.70. The zero-order valence-electron chi connectivity index (χ0n) is 27.9. The molecule has 1 aromatic rings. The number of aryl methyl sites for hydroxylation is 1. The second-order valence-electron chi connectivity index (χ2n) is 12.6. The van der Waals surface area contributed by atoms with Crippen LogP contribution in [-0.2, 0) is 35.0 Å². The van der Waals surface area contributed by atoms with Gasteiger partial charge in [-0.1, -0.05) is 18.2 Å². The third-order valence-electron chi connectivity index (χ3n) is 8.92. The van der Waals surface area contributed by atoms with E-state index in [2.05, 4.69) is 5.32 Å². The number of primary amides is 1. The SMILES string of the molecule is CC(=O)N[C@H]1C([C@H](O)[C@H](O)CO)O[C@@](O[C@@H]2C(O)[C@H](O[C@H](C(O)CO)[C@H](O)C(O)CCc3ccccc3C(N)=O)OC(CO)[C@@H]2O)(C(=O)O)C[C@H]1O. The number of nitrogens with one attached hydrogen (secondary N) is 1. The molecule has 15 N–H and O–H groups in total. The van der Waals surface area contributed by atoms with Crippen LogP contribution in [0, 0.1) is 0 Å². The van der Waals surface area contributed by atoms with Gasteiger partial charge >= 0.3 is 5.97 Å². The summed E-state index contributed by atoms with van der Waals surface area (Å²) in [5.41, 5.74) is 5.95. The summed E-state index contributed by atoms with van der Waals surface area (Å²) in [6, 6.07) is 4.59. The van der Waals surface area contributed by atoms with Crippen molar-refractivity contribution in [2.45, 2.75) is 118 Å². The van der Waals surface area contributed by atoms with Crippen molar-refractivity contribution in [3.63, 3.8) is 0 Å². The number of benzene rings is 1. The maximum absolute atomic E-state index is 12.7. The molecule has 296 valence electrons. The monoisotopic (exact) mass is 752 g/mol. The first-order valence-corrected chi connectivity index (χ1v) is 16.2. The van der Waals surface area contributed by atoms with Crippen LogP contribution in [0.5, 0.6) is 0 Å². The largest absolute Gasteiger partial charge is 0.477 e. The van der Waals surface area contributed by atoms with E-state index in [1.165, 1.54) is 6.07 Å². The smallest absolute Gasteiger partial charge is 0.364 e. The van der Waals surface area contributed by atoms with Gasteiger partial charge in [-0.15, -0.1) is 0 Å². The number of amides is 2. The minimum Gasteiger partial charge on any atom is -0.477 e. The Morgan fingerprint density at radius 1 is 0.981 bits per heavy atom. The van der Waals surface area contributed by atoms with E-state index in [-0.39, 0.29) is 18.4 Å². The molecule has 5 unspecified atom stereocenters.